The highest BCUT2D eigenvalue weighted by Gasteiger charge is 2.20. The number of likely N-dealkylation sites (tertiary alicyclic amines) is 1. The van der Waals surface area contributed by atoms with Gasteiger partial charge in [0.2, 0.25) is 0 Å². The molecule has 2 aliphatic heterocycles. The quantitative estimate of drug-likeness (QED) is 0.411. The summed E-state index contributed by atoms with van der Waals surface area (Å²) in [5.41, 5.74) is 8.57. The van der Waals surface area contributed by atoms with Gasteiger partial charge < -0.3 is 20.5 Å². The van der Waals surface area contributed by atoms with Gasteiger partial charge in [-0.25, -0.2) is 4.99 Å². The third-order valence-electron chi connectivity index (χ3n) is 4.51. The van der Waals surface area contributed by atoms with E-state index >= 15 is 0 Å². The van der Waals surface area contributed by atoms with Crippen LogP contribution in [0.15, 0.2) is 29.3 Å². The predicted octanol–water partition coefficient (Wildman–Crippen LogP) is 1.02. The van der Waals surface area contributed by atoms with Crippen molar-refractivity contribution in [2.75, 3.05) is 39.4 Å². The second-order valence-electron chi connectivity index (χ2n) is 6.22. The smallest absolute Gasteiger partial charge is 0.191 e. The van der Waals surface area contributed by atoms with E-state index in [2.05, 4.69) is 33.0 Å². The molecule has 2 aliphatic rings. The molecule has 2 saturated heterocycles. The Bertz CT molecular complexity index is 549. The highest BCUT2D eigenvalue weighted by Crippen LogP contribution is 2.17. The van der Waals surface area contributed by atoms with Gasteiger partial charge >= 0.3 is 0 Å². The highest BCUT2D eigenvalue weighted by molar-refractivity contribution is 14.0. The van der Waals surface area contributed by atoms with E-state index in [-0.39, 0.29) is 30.1 Å². The number of morpholine rings is 1. The fourth-order valence-corrected chi connectivity index (χ4v) is 3.12. The summed E-state index contributed by atoms with van der Waals surface area (Å²) in [6.45, 7) is 6.21. The standard InChI is InChI=1S/C17H26N4O2.HI/c18-17(21-7-9-23-10-8-21)19-11-14-3-1-2-4-15(14)12-20-6-5-16(22)13-20;/h1-4,16,22H,5-13H2,(H2,18,19);1H. The molecule has 0 radical (unpaired) electrons. The minimum atomic E-state index is -0.183. The van der Waals surface area contributed by atoms with Crippen LogP contribution in [-0.4, -0.2) is 66.4 Å². The number of aliphatic imine (C=N–C) groups is 1. The van der Waals surface area contributed by atoms with Gasteiger partial charge in [0.05, 0.1) is 25.9 Å². The van der Waals surface area contributed by atoms with Crippen molar-refractivity contribution in [1.82, 2.24) is 9.80 Å². The molecule has 0 aliphatic carbocycles. The van der Waals surface area contributed by atoms with Crippen molar-refractivity contribution in [3.05, 3.63) is 35.4 Å². The number of ether oxygens (including phenoxy) is 1. The minimum absolute atomic E-state index is 0. The molecule has 0 aromatic heterocycles. The molecule has 2 fully saturated rings. The molecule has 0 amide bonds. The Hall–Kier alpha value is -0.900. The Kier molecular flexibility index (Phi) is 7.73. The van der Waals surface area contributed by atoms with Crippen molar-refractivity contribution in [1.29, 1.82) is 0 Å². The summed E-state index contributed by atoms with van der Waals surface area (Å²) >= 11 is 0. The minimum Gasteiger partial charge on any atom is -0.392 e. The van der Waals surface area contributed by atoms with Crippen molar-refractivity contribution in [3.63, 3.8) is 0 Å². The van der Waals surface area contributed by atoms with Crippen LogP contribution in [0.3, 0.4) is 0 Å². The van der Waals surface area contributed by atoms with Gasteiger partial charge in [-0.05, 0) is 17.5 Å². The van der Waals surface area contributed by atoms with Crippen LogP contribution in [0.1, 0.15) is 17.5 Å². The number of hydrogen-bond donors (Lipinski definition) is 2. The molecular weight excluding hydrogens is 419 g/mol. The van der Waals surface area contributed by atoms with Gasteiger partial charge in [-0.2, -0.15) is 0 Å². The molecule has 0 bridgehead atoms. The number of aliphatic hydroxyl groups is 1. The molecular formula is C17H27IN4O2. The van der Waals surface area contributed by atoms with E-state index < -0.39 is 0 Å². The number of guanidine groups is 1. The average Bonchev–Trinajstić information content (AvgIpc) is 2.99. The van der Waals surface area contributed by atoms with E-state index in [1.165, 1.54) is 11.1 Å². The number of nitrogens with zero attached hydrogens (tertiary/aromatic N) is 3. The van der Waals surface area contributed by atoms with Crippen LogP contribution in [0.25, 0.3) is 0 Å². The molecule has 7 heteroatoms. The Morgan fingerprint density at radius 3 is 2.58 bits per heavy atom. The Morgan fingerprint density at radius 1 is 1.21 bits per heavy atom. The number of rotatable bonds is 4. The Labute approximate surface area is 160 Å². The van der Waals surface area contributed by atoms with Gasteiger partial charge in [-0.15, -0.1) is 24.0 Å². The SMILES string of the molecule is I.NC(=NCc1ccccc1CN1CCC(O)C1)N1CCOCC1. The first kappa shape index (κ1) is 19.4. The molecule has 24 heavy (non-hydrogen) atoms. The first-order chi connectivity index (χ1) is 11.2. The maximum atomic E-state index is 9.67. The maximum absolute atomic E-state index is 9.67. The third kappa shape index (κ3) is 5.30. The average molecular weight is 446 g/mol. The van der Waals surface area contributed by atoms with Crippen molar-refractivity contribution >= 4 is 29.9 Å². The monoisotopic (exact) mass is 446 g/mol. The fourth-order valence-electron chi connectivity index (χ4n) is 3.12. The highest BCUT2D eigenvalue weighted by atomic mass is 127. The molecule has 1 unspecified atom stereocenters. The third-order valence-corrected chi connectivity index (χ3v) is 4.51. The van der Waals surface area contributed by atoms with Crippen molar-refractivity contribution in [2.45, 2.75) is 25.6 Å². The van der Waals surface area contributed by atoms with Gasteiger partial charge in [0.25, 0.3) is 0 Å². The number of halogens is 1. The van der Waals surface area contributed by atoms with E-state index in [1.54, 1.807) is 0 Å². The largest absolute Gasteiger partial charge is 0.392 e. The molecule has 1 aromatic carbocycles. The van der Waals surface area contributed by atoms with Crippen LogP contribution in [-0.2, 0) is 17.8 Å². The van der Waals surface area contributed by atoms with Crippen LogP contribution in [0.2, 0.25) is 0 Å². The van der Waals surface area contributed by atoms with Crippen molar-refractivity contribution < 1.29 is 9.84 Å². The van der Waals surface area contributed by atoms with Gasteiger partial charge in [0.1, 0.15) is 0 Å². The molecule has 1 atom stereocenters. The zero-order valence-corrected chi connectivity index (χ0v) is 16.3. The van der Waals surface area contributed by atoms with Gasteiger partial charge in [0.15, 0.2) is 5.96 Å². The molecule has 2 heterocycles. The zero-order chi connectivity index (χ0) is 16.1. The van der Waals surface area contributed by atoms with Crippen LogP contribution < -0.4 is 5.73 Å². The summed E-state index contributed by atoms with van der Waals surface area (Å²) in [5, 5.41) is 9.67. The topological polar surface area (TPSA) is 74.3 Å². The molecule has 3 rings (SSSR count). The number of nitrogens with two attached hydrogens (primary N) is 1. The summed E-state index contributed by atoms with van der Waals surface area (Å²) in [4.78, 5) is 8.93. The van der Waals surface area contributed by atoms with E-state index in [1.807, 2.05) is 6.07 Å². The van der Waals surface area contributed by atoms with Gasteiger partial charge in [-0.1, -0.05) is 24.3 Å². The molecule has 0 spiro atoms. The normalized spacial score (nSPS) is 22.5. The number of aliphatic hydroxyl groups excluding tert-OH is 1. The predicted molar refractivity (Wildman–Crippen MR) is 105 cm³/mol. The summed E-state index contributed by atoms with van der Waals surface area (Å²) in [6, 6.07) is 8.34. The lowest BCUT2D eigenvalue weighted by Gasteiger charge is -2.27. The van der Waals surface area contributed by atoms with Crippen LogP contribution in [0.4, 0.5) is 0 Å². The van der Waals surface area contributed by atoms with Gasteiger partial charge in [0, 0.05) is 32.7 Å². The number of benzene rings is 1. The summed E-state index contributed by atoms with van der Waals surface area (Å²) < 4.78 is 5.34. The molecule has 3 N–H and O–H groups in total. The second-order valence-corrected chi connectivity index (χ2v) is 6.22. The van der Waals surface area contributed by atoms with Crippen LogP contribution in [0.5, 0.6) is 0 Å². The number of β-amino-alcohol motifs (C(OH)–C–C–N with tert-alkyl or cyclic N) is 1. The zero-order valence-electron chi connectivity index (χ0n) is 13.9. The summed E-state index contributed by atoms with van der Waals surface area (Å²) in [5.74, 6) is 0.597. The maximum Gasteiger partial charge on any atom is 0.191 e. The van der Waals surface area contributed by atoms with E-state index in [0.29, 0.717) is 25.7 Å². The first-order valence-corrected chi connectivity index (χ1v) is 8.32. The lowest BCUT2D eigenvalue weighted by Crippen LogP contribution is -2.44. The Balaban J connectivity index is 0.00000208. The fraction of sp³-hybridized carbons (Fsp3) is 0.588. The number of hydrogen-bond acceptors (Lipinski definition) is 4. The van der Waals surface area contributed by atoms with E-state index in [0.717, 1.165) is 39.1 Å². The molecule has 134 valence electrons. The first-order valence-electron chi connectivity index (χ1n) is 8.32. The lowest BCUT2D eigenvalue weighted by atomic mass is 10.1. The second kappa shape index (κ2) is 9.55. The van der Waals surface area contributed by atoms with Gasteiger partial charge in [-0.3, -0.25) is 4.90 Å². The molecule has 6 nitrogen and oxygen atoms in total. The van der Waals surface area contributed by atoms with Crippen molar-refractivity contribution in [3.8, 4) is 0 Å². The Morgan fingerprint density at radius 2 is 1.92 bits per heavy atom. The van der Waals surface area contributed by atoms with Crippen LogP contribution >= 0.6 is 24.0 Å². The molecule has 1 aromatic rings. The summed E-state index contributed by atoms with van der Waals surface area (Å²) in [7, 11) is 0. The lowest BCUT2D eigenvalue weighted by molar-refractivity contribution is 0.0674. The van der Waals surface area contributed by atoms with E-state index in [9.17, 15) is 5.11 Å². The molecule has 0 saturated carbocycles. The van der Waals surface area contributed by atoms with Crippen LogP contribution in [0, 0.1) is 0 Å². The van der Waals surface area contributed by atoms with Crippen molar-refractivity contribution in [2.24, 2.45) is 10.7 Å². The summed E-state index contributed by atoms with van der Waals surface area (Å²) in [6.07, 6.45) is 0.682. The van der Waals surface area contributed by atoms with E-state index in [4.69, 9.17) is 10.5 Å².